The molecule has 2 fully saturated rings. The van der Waals surface area contributed by atoms with E-state index in [2.05, 4.69) is 39.7 Å². The number of rotatable bonds is 5. The number of hydrogen-bond acceptors (Lipinski definition) is 5. The third-order valence-corrected chi connectivity index (χ3v) is 6.75. The van der Waals surface area contributed by atoms with Crippen LogP contribution in [-0.4, -0.2) is 49.9 Å². The number of aliphatic imine (C=N–C) groups is 1. The molecular weight excluding hydrogens is 378 g/mol. The summed E-state index contributed by atoms with van der Waals surface area (Å²) in [5.41, 5.74) is 8.00. The van der Waals surface area contributed by atoms with Crippen LogP contribution in [0.4, 0.5) is 5.69 Å². The number of amides is 1. The number of benzene rings is 1. The fraction of sp³-hybridized carbons (Fsp3) is 0.565. The molecule has 0 spiro atoms. The Morgan fingerprint density at radius 1 is 1.20 bits per heavy atom. The van der Waals surface area contributed by atoms with Gasteiger partial charge in [-0.05, 0) is 87.7 Å². The number of nitrogens with zero attached hydrogens (tertiary/aromatic N) is 2. The van der Waals surface area contributed by atoms with E-state index in [4.69, 9.17) is 10.5 Å². The maximum absolute atomic E-state index is 11.2. The maximum atomic E-state index is 11.2. The van der Waals surface area contributed by atoms with Gasteiger partial charge in [0.05, 0.1) is 5.69 Å². The Kier molecular flexibility index (Phi) is 6.69. The molecule has 4 N–H and O–H groups in total. The van der Waals surface area contributed by atoms with Gasteiger partial charge >= 0.3 is 0 Å². The van der Waals surface area contributed by atoms with Gasteiger partial charge in [0.2, 0.25) is 6.41 Å². The van der Waals surface area contributed by atoms with Crippen molar-refractivity contribution in [2.45, 2.75) is 50.5 Å². The second kappa shape index (κ2) is 9.62. The van der Waals surface area contributed by atoms with Crippen molar-refractivity contribution < 1.29 is 9.53 Å². The van der Waals surface area contributed by atoms with Crippen molar-refractivity contribution in [3.05, 3.63) is 35.7 Å². The first-order valence-corrected chi connectivity index (χ1v) is 11.1. The van der Waals surface area contributed by atoms with Crippen LogP contribution in [0.2, 0.25) is 0 Å². The minimum atomic E-state index is 0.449. The van der Waals surface area contributed by atoms with Gasteiger partial charge in [0.1, 0.15) is 0 Å². The number of amidine groups is 1. The van der Waals surface area contributed by atoms with E-state index in [1.54, 1.807) is 0 Å². The number of nitrogens with one attached hydrogen (secondary N) is 2. The number of hydrogen-bond donors (Lipinski definition) is 3. The van der Waals surface area contributed by atoms with Crippen molar-refractivity contribution >= 4 is 17.9 Å². The molecule has 2 heterocycles. The Bertz CT molecular complexity index is 808. The van der Waals surface area contributed by atoms with Crippen LogP contribution in [-0.2, 0) is 4.79 Å². The van der Waals surface area contributed by atoms with Crippen LogP contribution < -0.4 is 21.1 Å². The lowest BCUT2D eigenvalue weighted by Gasteiger charge is -2.34. The van der Waals surface area contributed by atoms with E-state index in [9.17, 15) is 4.79 Å². The minimum Gasteiger partial charge on any atom is -0.450 e. The summed E-state index contributed by atoms with van der Waals surface area (Å²) < 4.78 is 6.18. The van der Waals surface area contributed by atoms with E-state index in [1.807, 2.05) is 12.3 Å². The molecule has 1 saturated carbocycles. The first-order chi connectivity index (χ1) is 14.7. The number of piperidine rings is 1. The molecule has 1 saturated heterocycles. The first-order valence-electron chi connectivity index (χ1n) is 11.1. The molecule has 7 nitrogen and oxygen atoms in total. The monoisotopic (exact) mass is 411 g/mol. The van der Waals surface area contributed by atoms with Crippen molar-refractivity contribution in [3.63, 3.8) is 0 Å². The molecule has 0 bridgehead atoms. The maximum Gasteiger partial charge on any atom is 0.234 e. The molecule has 1 aliphatic carbocycles. The third kappa shape index (κ3) is 4.68. The summed E-state index contributed by atoms with van der Waals surface area (Å²) >= 11 is 0. The van der Waals surface area contributed by atoms with Gasteiger partial charge in [0.15, 0.2) is 17.3 Å². The predicted molar refractivity (Wildman–Crippen MR) is 120 cm³/mol. The molecule has 1 aromatic rings. The molecule has 0 aromatic heterocycles. The number of ether oxygens (including phenoxy) is 1. The SMILES string of the molecule is CN(/C=C1/Oc2ccc(C3CCNCC3)cc2N/C1=N/C=O)[C@H]1CC[C@H](CN)CC1. The Balaban J connectivity index is 1.52. The number of anilines is 1. The smallest absolute Gasteiger partial charge is 0.234 e. The lowest BCUT2D eigenvalue weighted by Crippen LogP contribution is -2.35. The van der Waals surface area contributed by atoms with E-state index in [-0.39, 0.29) is 0 Å². The fourth-order valence-electron chi connectivity index (χ4n) is 4.81. The molecular formula is C23H33N5O2. The number of carbonyl (C=O) groups excluding carboxylic acids is 1. The van der Waals surface area contributed by atoms with Crippen molar-refractivity contribution in [2.24, 2.45) is 16.6 Å². The van der Waals surface area contributed by atoms with Gasteiger partial charge in [-0.1, -0.05) is 6.07 Å². The van der Waals surface area contributed by atoms with Gasteiger partial charge < -0.3 is 26.0 Å². The first kappa shape index (κ1) is 20.9. The lowest BCUT2D eigenvalue weighted by atomic mass is 9.85. The Labute approximate surface area is 178 Å². The van der Waals surface area contributed by atoms with Crippen LogP contribution in [0.25, 0.3) is 0 Å². The normalized spacial score (nSPS) is 27.3. The molecule has 2 aliphatic heterocycles. The average Bonchev–Trinajstić information content (AvgIpc) is 2.80. The largest absolute Gasteiger partial charge is 0.450 e. The zero-order valence-corrected chi connectivity index (χ0v) is 17.8. The number of carbonyl (C=O) groups is 1. The minimum absolute atomic E-state index is 0.449. The van der Waals surface area contributed by atoms with Gasteiger partial charge in [0, 0.05) is 19.3 Å². The van der Waals surface area contributed by atoms with Crippen LogP contribution in [0.1, 0.15) is 50.0 Å². The van der Waals surface area contributed by atoms with Crippen LogP contribution in [0, 0.1) is 5.92 Å². The van der Waals surface area contributed by atoms with Gasteiger partial charge in [-0.15, -0.1) is 0 Å². The zero-order chi connectivity index (χ0) is 20.9. The highest BCUT2D eigenvalue weighted by Crippen LogP contribution is 2.36. The van der Waals surface area contributed by atoms with Crippen molar-refractivity contribution in [3.8, 4) is 5.75 Å². The highest BCUT2D eigenvalue weighted by atomic mass is 16.5. The molecule has 0 unspecified atom stereocenters. The second-order valence-corrected chi connectivity index (χ2v) is 8.66. The number of nitrogens with two attached hydrogens (primary N) is 1. The Morgan fingerprint density at radius 2 is 1.97 bits per heavy atom. The molecule has 7 heteroatoms. The summed E-state index contributed by atoms with van der Waals surface area (Å²) in [5.74, 6) is 3.00. The van der Waals surface area contributed by atoms with E-state index in [0.717, 1.165) is 69.6 Å². The third-order valence-electron chi connectivity index (χ3n) is 6.75. The van der Waals surface area contributed by atoms with Crippen LogP contribution in [0.5, 0.6) is 5.75 Å². The molecule has 0 radical (unpaired) electrons. The van der Waals surface area contributed by atoms with E-state index >= 15 is 0 Å². The predicted octanol–water partition coefficient (Wildman–Crippen LogP) is 2.80. The van der Waals surface area contributed by atoms with Crippen LogP contribution in [0.3, 0.4) is 0 Å². The van der Waals surface area contributed by atoms with Gasteiger partial charge in [-0.25, -0.2) is 0 Å². The van der Waals surface area contributed by atoms with E-state index < -0.39 is 0 Å². The van der Waals surface area contributed by atoms with Crippen LogP contribution >= 0.6 is 0 Å². The quantitative estimate of drug-likeness (QED) is 0.646. The molecule has 30 heavy (non-hydrogen) atoms. The zero-order valence-electron chi connectivity index (χ0n) is 17.8. The van der Waals surface area contributed by atoms with Crippen LogP contribution in [0.15, 0.2) is 35.2 Å². The molecule has 4 rings (SSSR count). The van der Waals surface area contributed by atoms with Gasteiger partial charge in [-0.2, -0.15) is 4.99 Å². The van der Waals surface area contributed by atoms with Gasteiger partial charge in [0.25, 0.3) is 0 Å². The summed E-state index contributed by atoms with van der Waals surface area (Å²) in [6.45, 7) is 2.88. The fourth-order valence-corrected chi connectivity index (χ4v) is 4.81. The molecule has 162 valence electrons. The second-order valence-electron chi connectivity index (χ2n) is 8.66. The number of fused-ring (bicyclic) bond motifs is 1. The van der Waals surface area contributed by atoms with Crippen molar-refractivity contribution in [1.29, 1.82) is 0 Å². The molecule has 1 amide bonds. The Hall–Kier alpha value is -2.38. The highest BCUT2D eigenvalue weighted by molar-refractivity contribution is 6.11. The summed E-state index contributed by atoms with van der Waals surface area (Å²) in [6.07, 6.45) is 9.35. The summed E-state index contributed by atoms with van der Waals surface area (Å²) in [7, 11) is 2.07. The standard InChI is InChI=1S/C23H33N5O2/c1-28(19-5-2-16(13-24)3-6-19)14-22-23(26-15-29)27-20-12-18(4-7-21(20)30-22)17-8-10-25-11-9-17/h4,7,12,14-17,19,25H,2-3,5-6,8-11,13,24H2,1H3,(H,26,27,29)/b22-14+/t16-,19-. The van der Waals surface area contributed by atoms with E-state index in [0.29, 0.717) is 35.9 Å². The molecule has 3 aliphatic rings. The molecule has 0 atom stereocenters. The highest BCUT2D eigenvalue weighted by Gasteiger charge is 2.26. The summed E-state index contributed by atoms with van der Waals surface area (Å²) in [6, 6.07) is 6.77. The molecule has 1 aromatic carbocycles. The summed E-state index contributed by atoms with van der Waals surface area (Å²) in [4.78, 5) is 17.4. The van der Waals surface area contributed by atoms with Crippen molar-refractivity contribution in [2.75, 3.05) is 32.0 Å². The average molecular weight is 412 g/mol. The topological polar surface area (TPSA) is 92.0 Å². The summed E-state index contributed by atoms with van der Waals surface area (Å²) in [5, 5.41) is 6.73. The van der Waals surface area contributed by atoms with Crippen molar-refractivity contribution in [1.82, 2.24) is 10.2 Å². The van der Waals surface area contributed by atoms with Gasteiger partial charge in [-0.3, -0.25) is 4.79 Å². The lowest BCUT2D eigenvalue weighted by molar-refractivity contribution is -0.106. The van der Waals surface area contributed by atoms with E-state index in [1.165, 1.54) is 5.56 Å². The Morgan fingerprint density at radius 3 is 2.67 bits per heavy atom.